The lowest BCUT2D eigenvalue weighted by Gasteiger charge is -2.12. The molecule has 1 aromatic heterocycles. The summed E-state index contributed by atoms with van der Waals surface area (Å²) in [7, 11) is 3.84. The molecule has 0 bridgehead atoms. The highest BCUT2D eigenvalue weighted by Crippen LogP contribution is 2.23. The van der Waals surface area contributed by atoms with E-state index in [1.165, 1.54) is 12.1 Å². The molecule has 19 heavy (non-hydrogen) atoms. The largest absolute Gasteiger partial charge is 0.334 e. The number of nitrogens with zero attached hydrogens (tertiary/aromatic N) is 3. The van der Waals surface area contributed by atoms with Gasteiger partial charge in [0.15, 0.2) is 5.82 Å². The minimum absolute atomic E-state index is 0.287. The van der Waals surface area contributed by atoms with Crippen LogP contribution in [-0.4, -0.2) is 35.7 Å². The van der Waals surface area contributed by atoms with Gasteiger partial charge in [0.25, 0.3) is 5.89 Å². The van der Waals surface area contributed by atoms with Gasteiger partial charge in [-0.25, -0.2) is 4.39 Å². The van der Waals surface area contributed by atoms with Crippen molar-refractivity contribution in [2.75, 3.05) is 20.6 Å². The van der Waals surface area contributed by atoms with E-state index in [1.807, 2.05) is 19.0 Å². The van der Waals surface area contributed by atoms with E-state index in [0.717, 1.165) is 11.1 Å². The summed E-state index contributed by atoms with van der Waals surface area (Å²) < 4.78 is 18.2. The zero-order valence-electron chi connectivity index (χ0n) is 11.2. The van der Waals surface area contributed by atoms with E-state index >= 15 is 0 Å². The van der Waals surface area contributed by atoms with E-state index in [1.54, 1.807) is 13.0 Å². The van der Waals surface area contributed by atoms with Crippen molar-refractivity contribution in [2.45, 2.75) is 13.0 Å². The van der Waals surface area contributed by atoms with Gasteiger partial charge in [0.1, 0.15) is 5.82 Å². The van der Waals surface area contributed by atoms with Crippen molar-refractivity contribution in [3.8, 4) is 11.5 Å². The van der Waals surface area contributed by atoms with Gasteiger partial charge in [-0.2, -0.15) is 4.98 Å². The number of benzene rings is 1. The van der Waals surface area contributed by atoms with Gasteiger partial charge in [0.2, 0.25) is 0 Å². The van der Waals surface area contributed by atoms with Crippen LogP contribution in [0.25, 0.3) is 11.5 Å². The predicted octanol–water partition coefficient (Wildman–Crippen LogP) is 1.75. The summed E-state index contributed by atoms with van der Waals surface area (Å²) in [5.74, 6) is 0.527. The van der Waals surface area contributed by atoms with E-state index in [4.69, 9.17) is 10.3 Å². The summed E-state index contributed by atoms with van der Waals surface area (Å²) in [4.78, 5) is 6.22. The molecular formula is C13H17FN4O. The molecule has 0 saturated heterocycles. The number of likely N-dealkylation sites (N-methyl/N-ethyl adjacent to an activating group) is 1. The van der Waals surface area contributed by atoms with Crippen molar-refractivity contribution in [3.05, 3.63) is 35.4 Å². The fourth-order valence-corrected chi connectivity index (χ4v) is 1.84. The zero-order chi connectivity index (χ0) is 14.0. The van der Waals surface area contributed by atoms with E-state index in [9.17, 15) is 4.39 Å². The van der Waals surface area contributed by atoms with Gasteiger partial charge in [-0.3, -0.25) is 0 Å². The van der Waals surface area contributed by atoms with Crippen LogP contribution in [0.1, 0.15) is 17.4 Å². The van der Waals surface area contributed by atoms with Gasteiger partial charge in [-0.05, 0) is 44.8 Å². The molecule has 102 valence electrons. The summed E-state index contributed by atoms with van der Waals surface area (Å²) in [6, 6.07) is 4.11. The first-order valence-corrected chi connectivity index (χ1v) is 5.98. The average molecular weight is 264 g/mol. The highest BCUT2D eigenvalue weighted by molar-refractivity contribution is 5.57. The predicted molar refractivity (Wildman–Crippen MR) is 69.9 cm³/mol. The molecule has 0 amide bonds. The lowest BCUT2D eigenvalue weighted by Crippen LogP contribution is -2.26. The SMILES string of the molecule is Cc1cc(F)ccc1-c1nc(C(N)CN(C)C)no1. The van der Waals surface area contributed by atoms with E-state index < -0.39 is 0 Å². The maximum absolute atomic E-state index is 13.0. The smallest absolute Gasteiger partial charge is 0.258 e. The van der Waals surface area contributed by atoms with Crippen LogP contribution in [0, 0.1) is 12.7 Å². The quantitative estimate of drug-likeness (QED) is 0.911. The Morgan fingerprint density at radius 3 is 2.79 bits per heavy atom. The number of halogens is 1. The third kappa shape index (κ3) is 3.15. The topological polar surface area (TPSA) is 68.2 Å². The normalized spacial score (nSPS) is 12.9. The van der Waals surface area contributed by atoms with Crippen LogP contribution in [0.5, 0.6) is 0 Å². The lowest BCUT2D eigenvalue weighted by atomic mass is 10.1. The molecule has 6 heteroatoms. The second-order valence-electron chi connectivity index (χ2n) is 4.79. The first-order chi connectivity index (χ1) is 8.97. The molecule has 0 saturated carbocycles. The highest BCUT2D eigenvalue weighted by Gasteiger charge is 2.17. The minimum Gasteiger partial charge on any atom is -0.334 e. The van der Waals surface area contributed by atoms with Crippen molar-refractivity contribution in [1.29, 1.82) is 0 Å². The van der Waals surface area contributed by atoms with Crippen molar-refractivity contribution in [3.63, 3.8) is 0 Å². The van der Waals surface area contributed by atoms with E-state index in [-0.39, 0.29) is 11.9 Å². The second-order valence-corrected chi connectivity index (χ2v) is 4.79. The summed E-state index contributed by atoms with van der Waals surface area (Å²) in [6.07, 6.45) is 0. The van der Waals surface area contributed by atoms with Crippen LogP contribution in [0.4, 0.5) is 4.39 Å². The van der Waals surface area contributed by atoms with Crippen LogP contribution in [0.3, 0.4) is 0 Å². The Kier molecular flexibility index (Phi) is 3.92. The third-order valence-corrected chi connectivity index (χ3v) is 2.75. The average Bonchev–Trinajstić information content (AvgIpc) is 2.77. The van der Waals surface area contributed by atoms with Crippen molar-refractivity contribution in [1.82, 2.24) is 15.0 Å². The molecule has 1 atom stereocenters. The Morgan fingerprint density at radius 2 is 2.16 bits per heavy atom. The highest BCUT2D eigenvalue weighted by atomic mass is 19.1. The van der Waals surface area contributed by atoms with Crippen LogP contribution in [0.15, 0.2) is 22.7 Å². The molecule has 1 heterocycles. The maximum atomic E-state index is 13.0. The summed E-state index contributed by atoms with van der Waals surface area (Å²) in [6.45, 7) is 2.42. The summed E-state index contributed by atoms with van der Waals surface area (Å²) in [5.41, 5.74) is 7.43. The zero-order valence-corrected chi connectivity index (χ0v) is 11.2. The van der Waals surface area contributed by atoms with Crippen LogP contribution in [0.2, 0.25) is 0 Å². The summed E-state index contributed by atoms with van der Waals surface area (Å²) >= 11 is 0. The fraction of sp³-hybridized carbons (Fsp3) is 0.385. The molecule has 0 radical (unpaired) electrons. The number of rotatable bonds is 4. The standard InChI is InChI=1S/C13H17FN4O/c1-8-6-9(14)4-5-10(8)13-16-12(17-19-13)11(15)7-18(2)3/h4-6,11H,7,15H2,1-3H3. The number of nitrogens with two attached hydrogens (primary N) is 1. The molecule has 0 aliphatic carbocycles. The molecule has 0 aliphatic rings. The first-order valence-electron chi connectivity index (χ1n) is 5.98. The van der Waals surface area contributed by atoms with Crippen LogP contribution < -0.4 is 5.73 Å². The molecule has 0 fully saturated rings. The molecule has 5 nitrogen and oxygen atoms in total. The Bertz CT molecular complexity index is 568. The van der Waals surface area contributed by atoms with Crippen LogP contribution >= 0.6 is 0 Å². The Hall–Kier alpha value is -1.79. The number of aryl methyl sites for hydroxylation is 1. The maximum Gasteiger partial charge on any atom is 0.258 e. The van der Waals surface area contributed by atoms with Gasteiger partial charge in [0.05, 0.1) is 6.04 Å². The number of hydrogen-bond acceptors (Lipinski definition) is 5. The molecule has 1 unspecified atom stereocenters. The summed E-state index contributed by atoms with van der Waals surface area (Å²) in [5, 5.41) is 3.88. The fourth-order valence-electron chi connectivity index (χ4n) is 1.84. The molecule has 2 aromatic rings. The Labute approximate surface area is 111 Å². The van der Waals surface area contributed by atoms with Crippen molar-refractivity contribution in [2.24, 2.45) is 5.73 Å². The lowest BCUT2D eigenvalue weighted by molar-refractivity contribution is 0.357. The monoisotopic (exact) mass is 264 g/mol. The Balaban J connectivity index is 2.25. The van der Waals surface area contributed by atoms with E-state index in [2.05, 4.69) is 10.1 Å². The molecule has 0 spiro atoms. The molecular weight excluding hydrogens is 247 g/mol. The van der Waals surface area contributed by atoms with Gasteiger partial charge in [0, 0.05) is 12.1 Å². The third-order valence-electron chi connectivity index (χ3n) is 2.75. The van der Waals surface area contributed by atoms with Crippen LogP contribution in [-0.2, 0) is 0 Å². The molecule has 0 aliphatic heterocycles. The van der Waals surface area contributed by atoms with Gasteiger partial charge in [-0.15, -0.1) is 0 Å². The molecule has 2 rings (SSSR count). The first kappa shape index (κ1) is 13.6. The van der Waals surface area contributed by atoms with Crippen molar-refractivity contribution < 1.29 is 8.91 Å². The van der Waals surface area contributed by atoms with Gasteiger partial charge >= 0.3 is 0 Å². The number of hydrogen-bond donors (Lipinski definition) is 1. The molecule has 1 aromatic carbocycles. The minimum atomic E-state index is -0.312. The van der Waals surface area contributed by atoms with E-state index in [0.29, 0.717) is 18.3 Å². The van der Waals surface area contributed by atoms with Crippen molar-refractivity contribution >= 4 is 0 Å². The molecule has 2 N–H and O–H groups in total. The van der Waals surface area contributed by atoms with Gasteiger partial charge < -0.3 is 15.2 Å². The number of aromatic nitrogens is 2. The second kappa shape index (κ2) is 5.46. The van der Waals surface area contributed by atoms with Gasteiger partial charge in [-0.1, -0.05) is 5.16 Å². The Morgan fingerprint density at radius 1 is 1.42 bits per heavy atom.